The van der Waals surface area contributed by atoms with Gasteiger partial charge in [-0.25, -0.2) is 0 Å². The van der Waals surface area contributed by atoms with Crippen LogP contribution in [0.2, 0.25) is 0 Å². The Morgan fingerprint density at radius 1 is 0.870 bits per heavy atom. The Morgan fingerprint density at radius 3 is 2.09 bits per heavy atom. The van der Waals surface area contributed by atoms with Gasteiger partial charge in [0.05, 0.1) is 13.7 Å². The summed E-state index contributed by atoms with van der Waals surface area (Å²) < 4.78 is 15.3. The molecule has 0 atom stereocenters. The Bertz CT molecular complexity index is 467. The van der Waals surface area contributed by atoms with E-state index in [1.807, 2.05) is 0 Å². The third kappa shape index (κ3) is 8.86. The van der Waals surface area contributed by atoms with Gasteiger partial charge >= 0.3 is 11.9 Å². The van der Waals surface area contributed by atoms with Gasteiger partial charge in [-0.05, 0) is 43.5 Å². The van der Waals surface area contributed by atoms with Gasteiger partial charge in [0.2, 0.25) is 0 Å². The number of methoxy groups -OCH3 is 1. The maximum Gasteiger partial charge on any atom is 0.311 e. The molecule has 0 aliphatic rings. The molecule has 0 bridgehead atoms. The lowest BCUT2D eigenvalue weighted by molar-refractivity contribution is -0.144. The first-order valence-corrected chi connectivity index (χ1v) is 8.16. The van der Waals surface area contributed by atoms with Crippen molar-refractivity contribution >= 4 is 11.9 Å². The smallest absolute Gasteiger partial charge is 0.311 e. The van der Waals surface area contributed by atoms with Gasteiger partial charge in [-0.15, -0.1) is 0 Å². The number of unbranched alkanes of at least 4 members (excludes halogenated alkanes) is 3. The molecule has 0 saturated heterocycles. The van der Waals surface area contributed by atoms with Crippen molar-refractivity contribution in [3.05, 3.63) is 24.3 Å². The van der Waals surface area contributed by atoms with Gasteiger partial charge in [0, 0.05) is 12.8 Å². The monoisotopic (exact) mass is 322 g/mol. The van der Waals surface area contributed by atoms with Gasteiger partial charge in [0.15, 0.2) is 0 Å². The number of rotatable bonds is 11. The number of benzene rings is 1. The van der Waals surface area contributed by atoms with Crippen LogP contribution >= 0.6 is 0 Å². The molecular formula is C18H26O5. The normalized spacial score (nSPS) is 10.2. The largest absolute Gasteiger partial charge is 0.497 e. The van der Waals surface area contributed by atoms with E-state index in [1.54, 1.807) is 31.4 Å². The minimum Gasteiger partial charge on any atom is -0.497 e. The number of hydrogen-bond acceptors (Lipinski definition) is 5. The van der Waals surface area contributed by atoms with Crippen molar-refractivity contribution in [2.24, 2.45) is 0 Å². The highest BCUT2D eigenvalue weighted by molar-refractivity contribution is 5.72. The van der Waals surface area contributed by atoms with Gasteiger partial charge < -0.3 is 14.2 Å². The van der Waals surface area contributed by atoms with Crippen molar-refractivity contribution in [3.63, 3.8) is 0 Å². The molecule has 0 aliphatic heterocycles. The number of carbonyl (C=O) groups excluding carboxylic acids is 2. The molecule has 0 heterocycles. The molecule has 0 radical (unpaired) electrons. The van der Waals surface area contributed by atoms with Crippen LogP contribution in [0, 0.1) is 0 Å². The van der Waals surface area contributed by atoms with Crippen molar-refractivity contribution in [2.75, 3.05) is 13.7 Å². The topological polar surface area (TPSA) is 61.8 Å². The van der Waals surface area contributed by atoms with E-state index in [0.29, 0.717) is 37.4 Å². The van der Waals surface area contributed by atoms with Crippen LogP contribution < -0.4 is 9.47 Å². The van der Waals surface area contributed by atoms with Crippen LogP contribution in [0.4, 0.5) is 0 Å². The molecule has 0 aliphatic carbocycles. The van der Waals surface area contributed by atoms with E-state index in [4.69, 9.17) is 14.2 Å². The quantitative estimate of drug-likeness (QED) is 0.351. The average Bonchev–Trinajstić information content (AvgIpc) is 2.56. The molecule has 0 unspecified atom stereocenters. The van der Waals surface area contributed by atoms with E-state index in [2.05, 4.69) is 6.92 Å². The number of ether oxygens (including phenoxy) is 3. The van der Waals surface area contributed by atoms with Crippen LogP contribution in [0.5, 0.6) is 11.5 Å². The minimum absolute atomic E-state index is 0.190. The maximum absolute atomic E-state index is 11.7. The second-order valence-electron chi connectivity index (χ2n) is 5.28. The molecule has 1 rings (SSSR count). The number of hydrogen-bond donors (Lipinski definition) is 0. The zero-order chi connectivity index (χ0) is 16.9. The molecule has 128 valence electrons. The third-order valence-corrected chi connectivity index (χ3v) is 3.31. The van der Waals surface area contributed by atoms with Crippen LogP contribution in [0.3, 0.4) is 0 Å². The van der Waals surface area contributed by atoms with E-state index >= 15 is 0 Å². The Labute approximate surface area is 137 Å². The molecule has 0 N–H and O–H groups in total. The van der Waals surface area contributed by atoms with E-state index in [9.17, 15) is 9.59 Å². The lowest BCUT2D eigenvalue weighted by Crippen LogP contribution is -2.09. The van der Waals surface area contributed by atoms with Crippen LogP contribution in [-0.4, -0.2) is 25.7 Å². The van der Waals surface area contributed by atoms with Crippen LogP contribution in [0.15, 0.2) is 24.3 Å². The SMILES string of the molecule is CCCCCOC(=O)CCCCC(=O)Oc1ccc(OC)cc1. The first-order chi connectivity index (χ1) is 11.2. The predicted octanol–water partition coefficient (Wildman–Crippen LogP) is 3.89. The van der Waals surface area contributed by atoms with Crippen molar-refractivity contribution in [2.45, 2.75) is 51.9 Å². The lowest BCUT2D eigenvalue weighted by atomic mass is 10.2. The summed E-state index contributed by atoms with van der Waals surface area (Å²) in [7, 11) is 1.58. The fraction of sp³-hybridized carbons (Fsp3) is 0.556. The zero-order valence-corrected chi connectivity index (χ0v) is 14.0. The molecule has 23 heavy (non-hydrogen) atoms. The summed E-state index contributed by atoms with van der Waals surface area (Å²) in [6.07, 6.45) is 4.97. The highest BCUT2D eigenvalue weighted by Gasteiger charge is 2.07. The number of carbonyl (C=O) groups is 2. The highest BCUT2D eigenvalue weighted by Crippen LogP contribution is 2.17. The molecule has 0 spiro atoms. The molecule has 1 aromatic carbocycles. The summed E-state index contributed by atoms with van der Waals surface area (Å²) in [5.41, 5.74) is 0. The Hall–Kier alpha value is -2.04. The highest BCUT2D eigenvalue weighted by atomic mass is 16.5. The van der Waals surface area contributed by atoms with E-state index < -0.39 is 0 Å². The molecule has 0 fully saturated rings. The summed E-state index contributed by atoms with van der Waals surface area (Å²) in [5, 5.41) is 0. The number of esters is 2. The summed E-state index contributed by atoms with van der Waals surface area (Å²) in [5.74, 6) is 0.712. The zero-order valence-electron chi connectivity index (χ0n) is 14.0. The van der Waals surface area contributed by atoms with Crippen molar-refractivity contribution in [3.8, 4) is 11.5 Å². The van der Waals surface area contributed by atoms with E-state index in [-0.39, 0.29) is 18.4 Å². The first-order valence-electron chi connectivity index (χ1n) is 8.16. The Kier molecular flexibility index (Phi) is 9.52. The fourth-order valence-electron chi connectivity index (χ4n) is 1.98. The molecule has 0 amide bonds. The van der Waals surface area contributed by atoms with Gasteiger partial charge in [0.1, 0.15) is 11.5 Å². The first kappa shape index (κ1) is 19.0. The minimum atomic E-state index is -0.300. The molecular weight excluding hydrogens is 296 g/mol. The average molecular weight is 322 g/mol. The van der Waals surface area contributed by atoms with Crippen molar-refractivity contribution in [1.29, 1.82) is 0 Å². The summed E-state index contributed by atoms with van der Waals surface area (Å²) in [4.78, 5) is 23.1. The van der Waals surface area contributed by atoms with Crippen LogP contribution in [0.1, 0.15) is 51.9 Å². The molecule has 0 aromatic heterocycles. The van der Waals surface area contributed by atoms with Gasteiger partial charge in [-0.3, -0.25) is 9.59 Å². The van der Waals surface area contributed by atoms with Crippen LogP contribution in [-0.2, 0) is 14.3 Å². The molecule has 0 saturated carbocycles. The summed E-state index contributed by atoms with van der Waals surface area (Å²) in [6, 6.07) is 6.84. The summed E-state index contributed by atoms with van der Waals surface area (Å²) in [6.45, 7) is 2.60. The lowest BCUT2D eigenvalue weighted by Gasteiger charge is -2.06. The second kappa shape index (κ2) is 11.5. The van der Waals surface area contributed by atoms with E-state index in [0.717, 1.165) is 19.3 Å². The predicted molar refractivity (Wildman–Crippen MR) is 87.6 cm³/mol. The van der Waals surface area contributed by atoms with E-state index in [1.165, 1.54) is 0 Å². The Balaban J connectivity index is 2.10. The van der Waals surface area contributed by atoms with Crippen molar-refractivity contribution in [1.82, 2.24) is 0 Å². The fourth-order valence-corrected chi connectivity index (χ4v) is 1.98. The standard InChI is InChI=1S/C18H26O5/c1-3-4-7-14-22-17(19)8-5-6-9-18(20)23-16-12-10-15(21-2)11-13-16/h10-13H,3-9,14H2,1-2H3. The van der Waals surface area contributed by atoms with Crippen LogP contribution in [0.25, 0.3) is 0 Å². The summed E-state index contributed by atoms with van der Waals surface area (Å²) >= 11 is 0. The molecule has 5 heteroatoms. The molecule has 1 aromatic rings. The maximum atomic E-state index is 11.7. The Morgan fingerprint density at radius 2 is 1.48 bits per heavy atom. The second-order valence-corrected chi connectivity index (χ2v) is 5.28. The van der Waals surface area contributed by atoms with Gasteiger partial charge in [-0.2, -0.15) is 0 Å². The van der Waals surface area contributed by atoms with Gasteiger partial charge in [0.25, 0.3) is 0 Å². The molecule has 5 nitrogen and oxygen atoms in total. The van der Waals surface area contributed by atoms with Gasteiger partial charge in [-0.1, -0.05) is 19.8 Å². The third-order valence-electron chi connectivity index (χ3n) is 3.31. The van der Waals surface area contributed by atoms with Crippen molar-refractivity contribution < 1.29 is 23.8 Å².